The summed E-state index contributed by atoms with van der Waals surface area (Å²) in [6.45, 7) is 0. The van der Waals surface area contributed by atoms with Gasteiger partial charge in [-0.05, 0) is 18.2 Å². The van der Waals surface area contributed by atoms with Crippen molar-refractivity contribution in [3.05, 3.63) is 66.1 Å². The fourth-order valence-corrected chi connectivity index (χ4v) is 2.84. The Morgan fingerprint density at radius 3 is 2.00 bits per heavy atom. The predicted octanol–water partition coefficient (Wildman–Crippen LogP) is 6.46. The second-order valence-corrected chi connectivity index (χ2v) is 5.90. The summed E-state index contributed by atoms with van der Waals surface area (Å²) < 4.78 is 27.2. The van der Waals surface area contributed by atoms with Gasteiger partial charge in [-0.2, -0.15) is 0 Å². The molecule has 0 heterocycles. The van der Waals surface area contributed by atoms with Crippen molar-refractivity contribution >= 4 is 63.8 Å². The minimum atomic E-state index is -1.01. The number of rotatable bonds is 2. The fourth-order valence-electron chi connectivity index (χ4n) is 1.61. The highest BCUT2D eigenvalue weighted by Crippen LogP contribution is 2.38. The summed E-state index contributed by atoms with van der Waals surface area (Å²) in [7, 11) is 0. The number of benzene rings is 2. The van der Waals surface area contributed by atoms with Gasteiger partial charge in [-0.25, -0.2) is 8.78 Å². The van der Waals surface area contributed by atoms with Crippen molar-refractivity contribution in [2.24, 2.45) is 0 Å². The summed E-state index contributed by atoms with van der Waals surface area (Å²) in [4.78, 5) is 12.3. The molecular formula is C13H3Cl5F2O. The van der Waals surface area contributed by atoms with Crippen molar-refractivity contribution in [1.82, 2.24) is 0 Å². The van der Waals surface area contributed by atoms with E-state index in [2.05, 4.69) is 0 Å². The van der Waals surface area contributed by atoms with Gasteiger partial charge in [0.2, 0.25) is 0 Å². The maximum absolute atomic E-state index is 13.8. The molecule has 0 amide bonds. The van der Waals surface area contributed by atoms with E-state index in [1.165, 1.54) is 6.07 Å². The molecule has 0 aliphatic heterocycles. The van der Waals surface area contributed by atoms with E-state index < -0.39 is 28.0 Å². The highest BCUT2D eigenvalue weighted by atomic mass is 35.5. The summed E-state index contributed by atoms with van der Waals surface area (Å²) in [6.07, 6.45) is 0. The highest BCUT2D eigenvalue weighted by molar-refractivity contribution is 6.51. The molecule has 2 aromatic rings. The predicted molar refractivity (Wildman–Crippen MR) is 81.3 cm³/mol. The van der Waals surface area contributed by atoms with Gasteiger partial charge in [0.1, 0.15) is 11.6 Å². The third-order valence-electron chi connectivity index (χ3n) is 2.60. The van der Waals surface area contributed by atoms with Crippen LogP contribution in [-0.2, 0) is 0 Å². The zero-order valence-electron chi connectivity index (χ0n) is 9.79. The van der Waals surface area contributed by atoms with Crippen molar-refractivity contribution in [1.29, 1.82) is 0 Å². The maximum atomic E-state index is 13.8. The van der Waals surface area contributed by atoms with Gasteiger partial charge in [0.15, 0.2) is 5.78 Å². The molecule has 1 nitrogen and oxygen atoms in total. The number of hydrogen-bond acceptors (Lipinski definition) is 1. The van der Waals surface area contributed by atoms with Crippen molar-refractivity contribution in [2.75, 3.05) is 0 Å². The summed E-state index contributed by atoms with van der Waals surface area (Å²) >= 11 is 28.8. The molecule has 0 bridgehead atoms. The van der Waals surface area contributed by atoms with Crippen LogP contribution in [0.15, 0.2) is 18.2 Å². The Bertz CT molecular complexity index is 761. The Kier molecular flexibility index (Phi) is 5.01. The molecule has 0 spiro atoms. The molecule has 0 aliphatic carbocycles. The monoisotopic (exact) mass is 388 g/mol. The van der Waals surface area contributed by atoms with Crippen LogP contribution >= 0.6 is 58.0 Å². The highest BCUT2D eigenvalue weighted by Gasteiger charge is 2.24. The molecule has 0 fully saturated rings. The molecule has 0 saturated heterocycles. The smallest absolute Gasteiger partial charge is 0.199 e. The SMILES string of the molecule is O=C(c1cc(F)c(Cl)cc1F)c1c(Cl)cc(Cl)c(Cl)c1Cl. The molecule has 0 aliphatic rings. The molecular weight excluding hydrogens is 387 g/mol. The molecule has 0 N–H and O–H groups in total. The average Bonchev–Trinajstić information content (AvgIpc) is 2.40. The second kappa shape index (κ2) is 6.27. The van der Waals surface area contributed by atoms with Crippen LogP contribution in [0.1, 0.15) is 15.9 Å². The van der Waals surface area contributed by atoms with Gasteiger partial charge in [-0.15, -0.1) is 0 Å². The number of halogens is 7. The summed E-state index contributed by atoms with van der Waals surface area (Å²) in [5, 5.41) is -0.898. The number of ketones is 1. The van der Waals surface area contributed by atoms with Gasteiger partial charge in [-0.3, -0.25) is 4.79 Å². The van der Waals surface area contributed by atoms with E-state index in [9.17, 15) is 13.6 Å². The molecule has 0 radical (unpaired) electrons. The molecule has 0 atom stereocenters. The lowest BCUT2D eigenvalue weighted by Crippen LogP contribution is -2.07. The fraction of sp³-hybridized carbons (Fsp3) is 0. The van der Waals surface area contributed by atoms with E-state index in [0.717, 1.165) is 0 Å². The molecule has 21 heavy (non-hydrogen) atoms. The second-order valence-electron chi connectivity index (χ2n) is 3.92. The van der Waals surface area contributed by atoms with Crippen LogP contribution in [-0.4, -0.2) is 5.78 Å². The normalized spacial score (nSPS) is 10.8. The number of carbonyl (C=O) groups excluding carboxylic acids is 1. The van der Waals surface area contributed by atoms with Crippen LogP contribution in [0.25, 0.3) is 0 Å². The first-order chi connectivity index (χ1) is 9.73. The average molecular weight is 390 g/mol. The van der Waals surface area contributed by atoms with Crippen LogP contribution in [0, 0.1) is 11.6 Å². The van der Waals surface area contributed by atoms with E-state index in [1.54, 1.807) is 0 Å². The minimum absolute atomic E-state index is 0.0333. The van der Waals surface area contributed by atoms with Crippen LogP contribution < -0.4 is 0 Å². The minimum Gasteiger partial charge on any atom is -0.288 e. The lowest BCUT2D eigenvalue weighted by Gasteiger charge is -2.10. The van der Waals surface area contributed by atoms with Gasteiger partial charge < -0.3 is 0 Å². The Hall–Kier alpha value is -0.580. The molecule has 0 unspecified atom stereocenters. The first-order valence-electron chi connectivity index (χ1n) is 5.26. The van der Waals surface area contributed by atoms with Gasteiger partial charge in [0.25, 0.3) is 0 Å². The lowest BCUT2D eigenvalue weighted by molar-refractivity contribution is 0.103. The van der Waals surface area contributed by atoms with Gasteiger partial charge in [0, 0.05) is 0 Å². The van der Waals surface area contributed by atoms with Gasteiger partial charge in [-0.1, -0.05) is 58.0 Å². The third-order valence-corrected chi connectivity index (χ3v) is 4.45. The van der Waals surface area contributed by atoms with Crippen molar-refractivity contribution in [2.45, 2.75) is 0 Å². The molecule has 0 aromatic heterocycles. The number of carbonyl (C=O) groups is 1. The molecule has 110 valence electrons. The first-order valence-corrected chi connectivity index (χ1v) is 7.15. The Labute approximate surface area is 143 Å². The molecule has 2 rings (SSSR count). The molecule has 0 saturated carbocycles. The topological polar surface area (TPSA) is 17.1 Å². The van der Waals surface area contributed by atoms with Crippen molar-refractivity contribution < 1.29 is 13.6 Å². The summed E-state index contributed by atoms with van der Waals surface area (Å²) in [5.74, 6) is -2.89. The van der Waals surface area contributed by atoms with Gasteiger partial charge in [0.05, 0.1) is 36.2 Å². The van der Waals surface area contributed by atoms with E-state index in [0.29, 0.717) is 12.1 Å². The van der Waals surface area contributed by atoms with Crippen LogP contribution in [0.3, 0.4) is 0 Å². The van der Waals surface area contributed by atoms with E-state index in [1.807, 2.05) is 0 Å². The lowest BCUT2D eigenvalue weighted by atomic mass is 10.0. The largest absolute Gasteiger partial charge is 0.288 e. The zero-order chi connectivity index (χ0) is 15.9. The van der Waals surface area contributed by atoms with E-state index in [4.69, 9.17) is 58.0 Å². The Morgan fingerprint density at radius 1 is 0.762 bits per heavy atom. The van der Waals surface area contributed by atoms with E-state index >= 15 is 0 Å². The first kappa shape index (κ1) is 16.8. The summed E-state index contributed by atoms with van der Waals surface area (Å²) in [6, 6.07) is 2.54. The maximum Gasteiger partial charge on any atom is 0.199 e. The van der Waals surface area contributed by atoms with E-state index in [-0.39, 0.29) is 25.7 Å². The quantitative estimate of drug-likeness (QED) is 0.327. The van der Waals surface area contributed by atoms with Crippen molar-refractivity contribution in [3.63, 3.8) is 0 Å². The molecule has 8 heteroatoms. The zero-order valence-corrected chi connectivity index (χ0v) is 13.6. The van der Waals surface area contributed by atoms with Crippen LogP contribution in [0.4, 0.5) is 8.78 Å². The van der Waals surface area contributed by atoms with Crippen LogP contribution in [0.5, 0.6) is 0 Å². The third kappa shape index (κ3) is 3.13. The summed E-state index contributed by atoms with van der Waals surface area (Å²) in [5.41, 5.74) is -0.840. The standard InChI is InChI=1S/C13H3Cl5F2O/c14-5-3-8(19)4(1-9(5)20)13(21)10-6(15)2-7(16)11(17)12(10)18/h1-3H. The Balaban J connectivity index is 2.66. The van der Waals surface area contributed by atoms with Crippen LogP contribution in [0.2, 0.25) is 25.1 Å². The van der Waals surface area contributed by atoms with Crippen molar-refractivity contribution in [3.8, 4) is 0 Å². The molecule has 2 aromatic carbocycles. The van der Waals surface area contributed by atoms with Gasteiger partial charge >= 0.3 is 0 Å². The Morgan fingerprint density at radius 2 is 1.38 bits per heavy atom. The number of hydrogen-bond donors (Lipinski definition) is 0.